The van der Waals surface area contributed by atoms with E-state index in [1.54, 1.807) is 0 Å². The van der Waals surface area contributed by atoms with Crippen LogP contribution >= 0.6 is 0 Å². The van der Waals surface area contributed by atoms with Crippen LogP contribution in [0.15, 0.2) is 0 Å². The van der Waals surface area contributed by atoms with Crippen molar-refractivity contribution in [2.24, 2.45) is 148 Å². The van der Waals surface area contributed by atoms with E-state index in [-0.39, 0.29) is 0 Å². The predicted octanol–water partition coefficient (Wildman–Crippen LogP) is 32.7. The van der Waals surface area contributed by atoms with Gasteiger partial charge in [0.15, 0.2) is 0 Å². The van der Waals surface area contributed by atoms with Crippen molar-refractivity contribution >= 4 is 0 Å². The summed E-state index contributed by atoms with van der Waals surface area (Å²) in [5.41, 5.74) is 6.61. The van der Waals surface area contributed by atoms with Crippen molar-refractivity contribution < 1.29 is 0 Å². The Morgan fingerprint density at radius 3 is 1.00 bits per heavy atom. The average Bonchev–Trinajstić information content (AvgIpc) is 1.41. The van der Waals surface area contributed by atoms with E-state index >= 15 is 0 Å². The first-order chi connectivity index (χ1) is 42.6. The summed E-state index contributed by atoms with van der Waals surface area (Å²) in [6.07, 6.45) is 48.0. The van der Waals surface area contributed by atoms with Gasteiger partial charge in [-0.3, -0.25) is 0 Å². The number of fused-ring (bicyclic) bond motifs is 2. The second kappa shape index (κ2) is 38.0. The zero-order valence-corrected chi connectivity index (χ0v) is 72.5. The van der Waals surface area contributed by atoms with Crippen molar-refractivity contribution in [2.75, 3.05) is 0 Å². The Morgan fingerprint density at radius 1 is 0.351 bits per heavy atom. The molecule has 7 atom stereocenters. The number of hydrogen-bond acceptors (Lipinski definition) is 0. The van der Waals surface area contributed by atoms with Crippen molar-refractivity contribution in [1.29, 1.82) is 0 Å². The minimum absolute atomic E-state index is 0.547. The van der Waals surface area contributed by atoms with Gasteiger partial charge in [-0.15, -0.1) is 0 Å². The average molecular weight is 1320 g/mol. The maximum atomic E-state index is 2.48. The van der Waals surface area contributed by atoms with Crippen molar-refractivity contribution in [1.82, 2.24) is 0 Å². The molecule has 11 aliphatic carbocycles. The fourth-order valence-corrected chi connectivity index (χ4v) is 22.0. The summed E-state index contributed by atoms with van der Waals surface area (Å²) in [5, 5.41) is 0. The molecule has 11 saturated carbocycles. The van der Waals surface area contributed by atoms with Gasteiger partial charge in [-0.05, 0) is 270 Å². The molecule has 0 aromatic rings. The molecule has 0 aromatic carbocycles. The summed E-state index contributed by atoms with van der Waals surface area (Å²) in [5.74, 6) is 15.0. The van der Waals surface area contributed by atoms with Gasteiger partial charge in [0.2, 0.25) is 0 Å². The van der Waals surface area contributed by atoms with Gasteiger partial charge in [0.1, 0.15) is 0 Å². The lowest BCUT2D eigenvalue weighted by Gasteiger charge is -2.49. The first-order valence-electron chi connectivity index (χ1n) is 42.6. The quantitative estimate of drug-likeness (QED) is 0.264. The van der Waals surface area contributed by atoms with Crippen LogP contribution in [0.5, 0.6) is 0 Å². The highest BCUT2D eigenvalue weighted by molar-refractivity contribution is 4.97. The van der Waals surface area contributed by atoms with Gasteiger partial charge in [0.25, 0.3) is 0 Å². The third kappa shape index (κ3) is 33.4. The molecule has 11 rings (SSSR count). The highest BCUT2D eigenvalue weighted by atomic mass is 14.5. The minimum Gasteiger partial charge on any atom is -0.0651 e. The lowest BCUT2D eigenvalue weighted by Crippen LogP contribution is -2.38. The maximum Gasteiger partial charge on any atom is -0.0297 e. The summed E-state index contributed by atoms with van der Waals surface area (Å²) < 4.78 is 0. The van der Waals surface area contributed by atoms with E-state index in [0.29, 0.717) is 54.1 Å². The van der Waals surface area contributed by atoms with Crippen LogP contribution in [0.1, 0.15) is 454 Å². The Morgan fingerprint density at radius 2 is 0.777 bits per heavy atom. The van der Waals surface area contributed by atoms with Crippen LogP contribution in [0, 0.1) is 148 Å². The molecule has 0 heterocycles. The third-order valence-electron chi connectivity index (χ3n) is 29.4. The van der Waals surface area contributed by atoms with Crippen LogP contribution in [0.3, 0.4) is 0 Å². The molecule has 11 aliphatic rings. The van der Waals surface area contributed by atoms with Crippen molar-refractivity contribution in [3.63, 3.8) is 0 Å². The molecule has 0 aliphatic heterocycles. The molecule has 0 heteroatoms. The van der Waals surface area contributed by atoms with Gasteiger partial charge < -0.3 is 0 Å². The molecular formula is C94H186. The predicted molar refractivity (Wildman–Crippen MR) is 430 cm³/mol. The lowest BCUT2D eigenvalue weighted by atomic mass is 9.56. The second-order valence-corrected chi connectivity index (χ2v) is 45.9. The number of hydrogen-bond donors (Lipinski definition) is 0. The molecule has 94 heavy (non-hydrogen) atoms. The van der Waals surface area contributed by atoms with E-state index in [1.807, 2.05) is 0 Å². The summed E-state index contributed by atoms with van der Waals surface area (Å²) >= 11 is 0. The van der Waals surface area contributed by atoms with Crippen LogP contribution in [0.25, 0.3) is 0 Å². The molecule has 0 amide bonds. The maximum absolute atomic E-state index is 2.48. The molecule has 0 spiro atoms. The fourth-order valence-electron chi connectivity index (χ4n) is 22.0. The van der Waals surface area contributed by atoms with Crippen LogP contribution in [-0.4, -0.2) is 0 Å². The molecule has 2 bridgehead atoms. The Hall–Kier alpha value is 0. The molecule has 0 saturated heterocycles. The summed E-state index contributed by atoms with van der Waals surface area (Å²) in [7, 11) is 0. The fraction of sp³-hybridized carbons (Fsp3) is 1.00. The summed E-state index contributed by atoms with van der Waals surface area (Å²) in [6.45, 7) is 83.7. The molecule has 0 nitrogen and oxygen atoms in total. The first kappa shape index (κ1) is 90.1. The topological polar surface area (TPSA) is 0 Å². The van der Waals surface area contributed by atoms with Gasteiger partial charge in [0.05, 0.1) is 0 Å². The normalized spacial score (nSPS) is 34.1. The monoisotopic (exact) mass is 1320 g/mol. The van der Waals surface area contributed by atoms with Gasteiger partial charge in [-0.2, -0.15) is 0 Å². The zero-order chi connectivity index (χ0) is 72.5. The van der Waals surface area contributed by atoms with Gasteiger partial charge in [-0.1, -0.05) is 332 Å². The molecule has 0 N–H and O–H groups in total. The molecule has 0 aromatic heterocycles. The summed E-state index contributed by atoms with van der Waals surface area (Å²) in [4.78, 5) is 0. The SMILES string of the molecule is CC(C)(C)C1CCC1.CC1(C)CC(C)(C)CC(C)(C)C1.CC1C(C)(C)CCCC1(C)C.CC1CC(C(C)C)C1.CC1CC(C)(C)CC(C)(C)C1.CC1CCC(C)(C)CC1.CC1CCCC(C)C1C.CCC(C)C1CCC1.C[C@@H]1CCCCC1(C)C.C[C@H]1CC2CCC1(C)C2. The van der Waals surface area contributed by atoms with E-state index in [9.17, 15) is 0 Å². The van der Waals surface area contributed by atoms with Crippen molar-refractivity contribution in [3.8, 4) is 0 Å². The van der Waals surface area contributed by atoms with Crippen LogP contribution < -0.4 is 0 Å². The Kier molecular flexibility index (Phi) is 36.4. The van der Waals surface area contributed by atoms with Crippen LogP contribution in [0.2, 0.25) is 0 Å². The third-order valence-corrected chi connectivity index (χ3v) is 29.4. The van der Waals surface area contributed by atoms with Crippen LogP contribution in [-0.2, 0) is 0 Å². The van der Waals surface area contributed by atoms with E-state index in [4.69, 9.17) is 0 Å². The standard InChI is InChI=1S/C12H24.2C11H22.C9H16.3C9H18.3C8H16/c1-10(2)7-11(3,4)9-12(5,6)8-10;1-9-6-10(2,3)8-11(4,5)7-9;1-9-10(2,3)7-6-8-11(9,4)5;1-7-5-8-3-4-9(7,2)6-8;1-8-4-6-9(2,3)7-5-8;1-8-6-4-5-7-9(8,2)3;1-7-5-4-6-8(2)9(7)3;1-6(2)8-4-7(3)5-8;1-8(2,3)7-5-4-6-7;1-3-7(2)8-5-4-6-8/h7-9H2,1-6H3;2*9H,6-8H2,1-5H3;7-8H,3-6H2,1-2H3;2*8H,4-7H2,1-3H3;7-9H,4-6H2,1-3H3;6-8H,4-5H2,1-3H3;7H,4-6H2,1-3H3;7-8H,3-6H2,1-2H3/t;;;7-,8?,9?;;8-;;;;/m...0.1..../s1. The molecule has 562 valence electrons. The van der Waals surface area contributed by atoms with E-state index in [2.05, 4.69) is 242 Å². The van der Waals surface area contributed by atoms with Crippen LogP contribution in [0.4, 0.5) is 0 Å². The van der Waals surface area contributed by atoms with Gasteiger partial charge >= 0.3 is 0 Å². The molecule has 0 radical (unpaired) electrons. The van der Waals surface area contributed by atoms with Gasteiger partial charge in [-0.25, -0.2) is 0 Å². The zero-order valence-electron chi connectivity index (χ0n) is 72.5. The van der Waals surface area contributed by atoms with E-state index in [0.717, 1.165) is 94.2 Å². The van der Waals surface area contributed by atoms with E-state index < -0.39 is 0 Å². The Balaban J connectivity index is 0.000000356. The van der Waals surface area contributed by atoms with E-state index in [1.165, 1.54) is 212 Å². The van der Waals surface area contributed by atoms with Crippen molar-refractivity contribution in [2.45, 2.75) is 454 Å². The molecule has 11 fully saturated rings. The number of rotatable bonds is 3. The van der Waals surface area contributed by atoms with Crippen molar-refractivity contribution in [3.05, 3.63) is 0 Å². The highest BCUT2D eigenvalue weighted by Gasteiger charge is 2.47. The summed E-state index contributed by atoms with van der Waals surface area (Å²) in [6, 6.07) is 0. The van der Waals surface area contributed by atoms with Gasteiger partial charge in [0, 0.05) is 0 Å². The lowest BCUT2D eigenvalue weighted by molar-refractivity contribution is 0.0202. The highest BCUT2D eigenvalue weighted by Crippen LogP contribution is 2.58. The Bertz CT molecular complexity index is 1900. The first-order valence-corrected chi connectivity index (χ1v) is 42.6. The smallest absolute Gasteiger partial charge is 0.0297 e. The minimum atomic E-state index is 0.547. The second-order valence-electron chi connectivity index (χ2n) is 45.9. The molecule has 5 unspecified atom stereocenters. The largest absolute Gasteiger partial charge is 0.0651 e. The molecular weight excluding hydrogens is 1130 g/mol. The Labute approximate surface area is 599 Å².